The minimum Gasteiger partial charge on any atom is -0.373 e. The molecule has 2 heterocycles. The second-order valence-electron chi connectivity index (χ2n) is 9.00. The summed E-state index contributed by atoms with van der Waals surface area (Å²) in [6.45, 7) is 0.463. The predicted octanol–water partition coefficient (Wildman–Crippen LogP) is 0.993. The molecule has 10 heteroatoms. The van der Waals surface area contributed by atoms with E-state index >= 15 is 0 Å². The monoisotopic (exact) mass is 491 g/mol. The zero-order valence-corrected chi connectivity index (χ0v) is 19.4. The van der Waals surface area contributed by atoms with E-state index in [2.05, 4.69) is 21.3 Å². The maximum Gasteiger partial charge on any atom is 0.254 e. The third-order valence-corrected chi connectivity index (χ3v) is 6.50. The lowest BCUT2D eigenvalue weighted by Crippen LogP contribution is -2.55. The summed E-state index contributed by atoms with van der Waals surface area (Å²) >= 11 is 0. The number of benzene rings is 2. The Morgan fingerprint density at radius 3 is 2.50 bits per heavy atom. The van der Waals surface area contributed by atoms with Crippen molar-refractivity contribution in [1.29, 1.82) is 5.26 Å². The number of nitrogens with one attached hydrogen (secondary N) is 4. The average Bonchev–Trinajstić information content (AvgIpc) is 3.50. The van der Waals surface area contributed by atoms with Crippen molar-refractivity contribution in [3.05, 3.63) is 65.5 Å². The van der Waals surface area contributed by atoms with Crippen LogP contribution in [0.5, 0.6) is 0 Å². The van der Waals surface area contributed by atoms with Gasteiger partial charge in [-0.3, -0.25) is 19.2 Å². The zero-order chi connectivity index (χ0) is 25.7. The minimum atomic E-state index is -1.20. The summed E-state index contributed by atoms with van der Waals surface area (Å²) in [5.74, 6) is -3.13. The first-order valence-corrected chi connectivity index (χ1v) is 11.8. The van der Waals surface area contributed by atoms with Crippen molar-refractivity contribution in [2.75, 3.05) is 11.9 Å². The van der Waals surface area contributed by atoms with Gasteiger partial charge in [0.1, 0.15) is 30.0 Å². The Morgan fingerprint density at radius 1 is 1.08 bits per heavy atom. The van der Waals surface area contributed by atoms with Crippen molar-refractivity contribution >= 4 is 29.2 Å². The van der Waals surface area contributed by atoms with Gasteiger partial charge >= 0.3 is 0 Å². The lowest BCUT2D eigenvalue weighted by atomic mass is 9.95. The third kappa shape index (κ3) is 5.86. The summed E-state index contributed by atoms with van der Waals surface area (Å²) in [5, 5.41) is 20.3. The van der Waals surface area contributed by atoms with Crippen LogP contribution in [0.2, 0.25) is 0 Å². The third-order valence-electron chi connectivity index (χ3n) is 6.50. The highest BCUT2D eigenvalue weighted by Crippen LogP contribution is 2.25. The van der Waals surface area contributed by atoms with Gasteiger partial charge in [0.25, 0.3) is 5.78 Å². The Hall–Kier alpha value is -4.26. The summed E-state index contributed by atoms with van der Waals surface area (Å²) in [6, 6.07) is 11.7. The van der Waals surface area contributed by atoms with Crippen molar-refractivity contribution in [1.82, 2.24) is 16.0 Å². The number of fused-ring (bicyclic) bond motifs is 1. The number of anilines is 1. The topological polar surface area (TPSA) is 140 Å². The molecule has 2 aromatic rings. The number of hydrogen-bond acceptors (Lipinski definition) is 6. The van der Waals surface area contributed by atoms with E-state index < -0.39 is 47.5 Å². The maximum absolute atomic E-state index is 13.4. The molecule has 4 atom stereocenters. The van der Waals surface area contributed by atoms with Crippen LogP contribution in [0.15, 0.2) is 48.5 Å². The first kappa shape index (κ1) is 24.9. The molecule has 36 heavy (non-hydrogen) atoms. The van der Waals surface area contributed by atoms with Gasteiger partial charge in [0.05, 0.1) is 0 Å². The lowest BCUT2D eigenvalue weighted by Gasteiger charge is -2.24. The Morgan fingerprint density at radius 2 is 1.83 bits per heavy atom. The molecule has 4 N–H and O–H groups in total. The number of amides is 3. The van der Waals surface area contributed by atoms with E-state index in [1.54, 1.807) is 0 Å². The maximum atomic E-state index is 13.4. The highest BCUT2D eigenvalue weighted by atomic mass is 19.1. The number of hydrogen-bond donors (Lipinski definition) is 4. The van der Waals surface area contributed by atoms with Crippen molar-refractivity contribution in [2.45, 2.75) is 43.8 Å². The number of Topliss-reactive ketones (excluding diaryl/α,β-unsaturated/α-hetero) is 1. The second kappa shape index (κ2) is 11.0. The summed E-state index contributed by atoms with van der Waals surface area (Å²) in [6.07, 6.45) is 0.961. The molecular formula is C26H26FN5O4. The highest BCUT2D eigenvalue weighted by molar-refractivity contribution is 6.01. The second-order valence-corrected chi connectivity index (χ2v) is 9.00. The first-order chi connectivity index (χ1) is 17.3. The van der Waals surface area contributed by atoms with Gasteiger partial charge in [-0.15, -0.1) is 0 Å². The van der Waals surface area contributed by atoms with Crippen molar-refractivity contribution in [3.63, 3.8) is 0 Å². The Kier molecular flexibility index (Phi) is 7.59. The zero-order valence-electron chi connectivity index (χ0n) is 19.4. The van der Waals surface area contributed by atoms with Crippen LogP contribution in [-0.2, 0) is 32.0 Å². The van der Waals surface area contributed by atoms with Crippen LogP contribution in [0.3, 0.4) is 0 Å². The van der Waals surface area contributed by atoms with E-state index in [1.165, 1.54) is 30.3 Å². The molecular weight excluding hydrogens is 465 g/mol. The van der Waals surface area contributed by atoms with E-state index in [1.807, 2.05) is 24.3 Å². The SMILES string of the molecule is N#CC(=O)[C@H](C[C@@H]1CCNC1=O)NC(=O)[C@H](Cc1ccc(F)cc1)NC(=O)C1Cc2ccccc2N1. The van der Waals surface area contributed by atoms with Gasteiger partial charge in [-0.1, -0.05) is 30.3 Å². The minimum absolute atomic E-state index is 0.0132. The number of halogens is 1. The quantitative estimate of drug-likeness (QED) is 0.386. The van der Waals surface area contributed by atoms with Crippen LogP contribution in [0.25, 0.3) is 0 Å². The summed E-state index contributed by atoms with van der Waals surface area (Å²) < 4.78 is 13.4. The fourth-order valence-corrected chi connectivity index (χ4v) is 4.53. The number of carbonyl (C=O) groups is 4. The number of rotatable bonds is 9. The summed E-state index contributed by atoms with van der Waals surface area (Å²) in [7, 11) is 0. The molecule has 2 aliphatic rings. The van der Waals surface area contributed by atoms with Crippen molar-refractivity contribution < 1.29 is 23.6 Å². The number of nitrogens with zero attached hydrogens (tertiary/aromatic N) is 1. The van der Waals surface area contributed by atoms with Gasteiger partial charge in [-0.2, -0.15) is 5.26 Å². The molecule has 9 nitrogen and oxygen atoms in total. The molecule has 0 spiro atoms. The number of ketones is 1. The molecule has 1 saturated heterocycles. The first-order valence-electron chi connectivity index (χ1n) is 11.8. The predicted molar refractivity (Wildman–Crippen MR) is 128 cm³/mol. The van der Waals surface area contributed by atoms with Crippen LogP contribution < -0.4 is 21.3 Å². The van der Waals surface area contributed by atoms with Crippen LogP contribution >= 0.6 is 0 Å². The van der Waals surface area contributed by atoms with Gasteiger partial charge < -0.3 is 21.3 Å². The van der Waals surface area contributed by atoms with E-state index in [0.29, 0.717) is 24.9 Å². The van der Waals surface area contributed by atoms with Gasteiger partial charge in [0, 0.05) is 31.0 Å². The van der Waals surface area contributed by atoms with Gasteiger partial charge in [-0.05, 0) is 42.2 Å². The molecule has 2 aromatic carbocycles. The number of para-hydroxylation sites is 1. The highest BCUT2D eigenvalue weighted by Gasteiger charge is 2.34. The molecule has 4 rings (SSSR count). The molecule has 0 saturated carbocycles. The molecule has 0 radical (unpaired) electrons. The van der Waals surface area contributed by atoms with Crippen LogP contribution in [-0.4, -0.2) is 48.2 Å². The van der Waals surface area contributed by atoms with Gasteiger partial charge in [0.15, 0.2) is 0 Å². The molecule has 3 amide bonds. The van der Waals surface area contributed by atoms with Gasteiger partial charge in [-0.25, -0.2) is 4.39 Å². The van der Waals surface area contributed by atoms with E-state index in [-0.39, 0.29) is 18.7 Å². The average molecular weight is 492 g/mol. The van der Waals surface area contributed by atoms with E-state index in [9.17, 15) is 23.6 Å². The molecule has 1 unspecified atom stereocenters. The Labute approximate surface area is 207 Å². The van der Waals surface area contributed by atoms with Crippen LogP contribution in [0, 0.1) is 23.1 Å². The molecule has 0 bridgehead atoms. The van der Waals surface area contributed by atoms with Crippen molar-refractivity contribution in [3.8, 4) is 6.07 Å². The van der Waals surface area contributed by atoms with Gasteiger partial charge in [0.2, 0.25) is 17.7 Å². The summed E-state index contributed by atoms with van der Waals surface area (Å²) in [4.78, 5) is 50.6. The van der Waals surface area contributed by atoms with Crippen molar-refractivity contribution in [2.24, 2.45) is 5.92 Å². The van der Waals surface area contributed by atoms with Crippen LogP contribution in [0.4, 0.5) is 10.1 Å². The fraction of sp³-hybridized carbons (Fsp3) is 0.346. The van der Waals surface area contributed by atoms with E-state index in [0.717, 1.165) is 11.3 Å². The number of nitriles is 1. The number of carbonyl (C=O) groups excluding carboxylic acids is 4. The smallest absolute Gasteiger partial charge is 0.254 e. The Balaban J connectivity index is 1.49. The fourth-order valence-electron chi connectivity index (χ4n) is 4.53. The lowest BCUT2D eigenvalue weighted by molar-refractivity contribution is -0.131. The molecule has 0 aliphatic carbocycles. The summed E-state index contributed by atoms with van der Waals surface area (Å²) in [5.41, 5.74) is 2.41. The van der Waals surface area contributed by atoms with E-state index in [4.69, 9.17) is 5.26 Å². The standard InChI is InChI=1S/C26H26FN5O4/c27-18-7-5-15(6-8-18)11-21(32-26(36)22-12-16-3-1-2-4-19(16)30-22)25(35)31-20(23(33)14-28)13-17-9-10-29-24(17)34/h1-8,17,20-22,30H,9-13H2,(H,29,34)(H,31,35)(H,32,36)/t17-,20-,21-,22?/m0/s1. The molecule has 2 aliphatic heterocycles. The molecule has 1 fully saturated rings. The Bertz CT molecular complexity index is 1180. The molecule has 0 aromatic heterocycles. The van der Waals surface area contributed by atoms with Crippen LogP contribution in [0.1, 0.15) is 24.0 Å². The normalized spacial score (nSPS) is 19.7. The largest absolute Gasteiger partial charge is 0.373 e. The molecule has 186 valence electrons.